The Bertz CT molecular complexity index is 1230. The zero-order valence-corrected chi connectivity index (χ0v) is 24.5. The van der Waals surface area contributed by atoms with E-state index in [9.17, 15) is 9.18 Å². The number of piperidine rings is 1. The van der Waals surface area contributed by atoms with Crippen molar-refractivity contribution < 1.29 is 27.9 Å². The lowest BCUT2D eigenvalue weighted by molar-refractivity contribution is 0.00614. The molecule has 3 unspecified atom stereocenters. The van der Waals surface area contributed by atoms with Gasteiger partial charge in [0.05, 0.1) is 12.1 Å². The van der Waals surface area contributed by atoms with E-state index in [0.29, 0.717) is 28.9 Å². The van der Waals surface area contributed by atoms with Crippen molar-refractivity contribution >= 4 is 29.1 Å². The van der Waals surface area contributed by atoms with E-state index < -0.39 is 23.6 Å². The van der Waals surface area contributed by atoms with Crippen LogP contribution in [0.15, 0.2) is 35.7 Å². The molecule has 1 saturated carbocycles. The van der Waals surface area contributed by atoms with Crippen molar-refractivity contribution in [3.63, 3.8) is 0 Å². The summed E-state index contributed by atoms with van der Waals surface area (Å²) in [5.41, 5.74) is 0.0930. The Kier molecular flexibility index (Phi) is 10.1. The van der Waals surface area contributed by atoms with Gasteiger partial charge in [0.2, 0.25) is 0 Å². The summed E-state index contributed by atoms with van der Waals surface area (Å²) < 4.78 is 50.7. The first kappa shape index (κ1) is 31.4. The second-order valence-electron chi connectivity index (χ2n) is 11.3. The molecule has 3 fully saturated rings. The van der Waals surface area contributed by atoms with Crippen LogP contribution in [0.25, 0.3) is 0 Å². The van der Waals surface area contributed by atoms with Crippen molar-refractivity contribution in [2.24, 2.45) is 11.3 Å². The zero-order valence-electron chi connectivity index (χ0n) is 23.0. The number of ether oxygens (including phenoxy) is 1. The number of alkyl halides is 2. The summed E-state index contributed by atoms with van der Waals surface area (Å²) in [4.78, 5) is 24.6. The molecule has 2 saturated heterocycles. The van der Waals surface area contributed by atoms with Crippen LogP contribution < -0.4 is 4.74 Å². The van der Waals surface area contributed by atoms with Gasteiger partial charge < -0.3 is 14.8 Å². The Hall–Kier alpha value is -2.56. The lowest BCUT2D eigenvalue weighted by Crippen LogP contribution is -2.45. The van der Waals surface area contributed by atoms with Crippen LogP contribution in [0.3, 0.4) is 0 Å². The van der Waals surface area contributed by atoms with E-state index in [2.05, 4.69) is 4.90 Å². The predicted molar refractivity (Wildman–Crippen MR) is 151 cm³/mol. The maximum atomic E-state index is 15.8. The molecule has 3 atom stereocenters. The van der Waals surface area contributed by atoms with Gasteiger partial charge in [-0.1, -0.05) is 30.1 Å². The number of likely N-dealkylation sites (tertiary alicyclic amines) is 2. The highest BCUT2D eigenvalue weighted by Gasteiger charge is 2.39. The van der Waals surface area contributed by atoms with Gasteiger partial charge in [0.15, 0.2) is 5.34 Å². The van der Waals surface area contributed by atoms with Crippen molar-refractivity contribution in [3.05, 3.63) is 67.8 Å². The third-order valence-corrected chi connectivity index (χ3v) is 8.69. The smallest absolute Gasteiger partial charge is 0.256 e. The Morgan fingerprint density at radius 3 is 2.29 bits per heavy atom. The number of amides is 1. The van der Waals surface area contributed by atoms with Gasteiger partial charge >= 0.3 is 0 Å². The summed E-state index contributed by atoms with van der Waals surface area (Å²) >= 11 is 12.3. The predicted octanol–water partition coefficient (Wildman–Crippen LogP) is 7.53. The highest BCUT2D eigenvalue weighted by molar-refractivity contribution is 6.34. The van der Waals surface area contributed by atoms with Gasteiger partial charge in [0, 0.05) is 47.7 Å². The SMILES string of the molecule is CC1CN(C(=O)c2cc(C3CC3)c(OCC3(F)CCN(C(C)c4cc(Cl)cc(Cl)c4)CC3)cc2F)CC1F.O=NO. The molecule has 1 amide bonds. The molecule has 5 rings (SSSR count). The van der Waals surface area contributed by atoms with E-state index in [1.165, 1.54) is 22.4 Å². The molecule has 1 N–H and O–H groups in total. The second-order valence-corrected chi connectivity index (χ2v) is 12.2. The van der Waals surface area contributed by atoms with Crippen LogP contribution in [-0.2, 0) is 0 Å². The van der Waals surface area contributed by atoms with Crippen LogP contribution in [0.4, 0.5) is 13.2 Å². The minimum absolute atomic E-state index is 0.0270. The van der Waals surface area contributed by atoms with E-state index in [4.69, 9.17) is 38.1 Å². The quantitative estimate of drug-likeness (QED) is 0.257. The fourth-order valence-corrected chi connectivity index (χ4v) is 6.07. The van der Waals surface area contributed by atoms with Crippen LogP contribution in [-0.4, -0.2) is 65.5 Å². The van der Waals surface area contributed by atoms with E-state index in [1.54, 1.807) is 13.0 Å². The van der Waals surface area contributed by atoms with E-state index in [1.807, 2.05) is 19.1 Å². The molecule has 1 aliphatic carbocycles. The molecule has 2 aliphatic heterocycles. The number of hydrogen-bond acceptors (Lipinski definition) is 5. The third kappa shape index (κ3) is 7.64. The first-order valence-electron chi connectivity index (χ1n) is 13.7. The van der Waals surface area contributed by atoms with Gasteiger partial charge in [-0.2, -0.15) is 0 Å². The van der Waals surface area contributed by atoms with Gasteiger partial charge in [0.25, 0.3) is 5.91 Å². The number of rotatable bonds is 7. The van der Waals surface area contributed by atoms with Crippen LogP contribution >= 0.6 is 23.2 Å². The lowest BCUT2D eigenvalue weighted by Gasteiger charge is -2.39. The standard InChI is InChI=1S/C29H33Cl2F3N2O2.HNO2/c1-17-14-36(15-26(17)33)28(37)24-12-23(19-3-4-19)27(13-25(24)32)38-16-29(34)5-7-35(8-6-29)18(2)20-9-21(30)11-22(31)10-20;2-1-3/h9-13,17-19,26H,3-8,14-16H2,1-2H3;(H,2,3). The Morgan fingerprint density at radius 1 is 1.15 bits per heavy atom. The normalized spacial score (nSPS) is 23.0. The average molecular weight is 617 g/mol. The molecule has 2 heterocycles. The van der Waals surface area contributed by atoms with E-state index in [0.717, 1.165) is 24.0 Å². The Morgan fingerprint density at radius 2 is 1.76 bits per heavy atom. The number of nitrogens with zero attached hydrogens (tertiary/aromatic N) is 3. The van der Waals surface area contributed by atoms with Gasteiger partial charge in [-0.15, -0.1) is 4.91 Å². The van der Waals surface area contributed by atoms with E-state index >= 15 is 8.78 Å². The second kappa shape index (κ2) is 13.2. The maximum Gasteiger partial charge on any atom is 0.256 e. The number of carbonyl (C=O) groups excluding carboxylic acids is 1. The molecule has 0 aromatic heterocycles. The average Bonchev–Trinajstić information content (AvgIpc) is 3.71. The molecular weight excluding hydrogens is 582 g/mol. The van der Waals surface area contributed by atoms with Crippen molar-refractivity contribution in [1.29, 1.82) is 0 Å². The monoisotopic (exact) mass is 615 g/mol. The Balaban J connectivity index is 0.00000124. The molecule has 0 spiro atoms. The Labute approximate surface area is 247 Å². The molecule has 2 aromatic rings. The molecular formula is C29H34Cl2F3N3O4. The minimum Gasteiger partial charge on any atom is -0.490 e. The number of hydrogen-bond donors (Lipinski definition) is 1. The van der Waals surface area contributed by atoms with Crippen molar-refractivity contribution in [3.8, 4) is 5.75 Å². The first-order valence-corrected chi connectivity index (χ1v) is 14.5. The van der Waals surface area contributed by atoms with Crippen molar-refractivity contribution in [1.82, 2.24) is 9.80 Å². The summed E-state index contributed by atoms with van der Waals surface area (Å²) in [6.07, 6.45) is 1.27. The van der Waals surface area contributed by atoms with Gasteiger partial charge in [-0.05, 0) is 73.9 Å². The van der Waals surface area contributed by atoms with Crippen LogP contribution in [0.1, 0.15) is 73.0 Å². The first-order chi connectivity index (χ1) is 19.4. The number of carbonyl (C=O) groups is 1. The third-order valence-electron chi connectivity index (χ3n) is 8.25. The highest BCUT2D eigenvalue weighted by Crippen LogP contribution is 2.46. The summed E-state index contributed by atoms with van der Waals surface area (Å²) in [5.74, 6) is -1.05. The summed E-state index contributed by atoms with van der Waals surface area (Å²) in [6, 6.07) is 8.21. The highest BCUT2D eigenvalue weighted by atomic mass is 35.5. The number of halogens is 5. The van der Waals surface area contributed by atoms with Gasteiger partial charge in [-0.25, -0.2) is 13.2 Å². The molecule has 12 heteroatoms. The molecule has 2 aromatic carbocycles. The minimum atomic E-state index is -1.55. The van der Waals surface area contributed by atoms with Crippen LogP contribution in [0.5, 0.6) is 5.75 Å². The summed E-state index contributed by atoms with van der Waals surface area (Å²) in [5, 5.41) is 9.02. The maximum absolute atomic E-state index is 15.8. The van der Waals surface area contributed by atoms with Crippen LogP contribution in [0.2, 0.25) is 10.0 Å². The van der Waals surface area contributed by atoms with Gasteiger partial charge in [-0.3, -0.25) is 9.69 Å². The summed E-state index contributed by atoms with van der Waals surface area (Å²) in [6.45, 7) is 4.91. The molecule has 224 valence electrons. The lowest BCUT2D eigenvalue weighted by atomic mass is 9.92. The van der Waals surface area contributed by atoms with Crippen molar-refractivity contribution in [2.75, 3.05) is 32.8 Å². The molecule has 41 heavy (non-hydrogen) atoms. The van der Waals surface area contributed by atoms with Crippen LogP contribution in [0, 0.1) is 16.6 Å². The number of benzene rings is 2. The zero-order chi connectivity index (χ0) is 29.9. The largest absolute Gasteiger partial charge is 0.490 e. The van der Waals surface area contributed by atoms with Gasteiger partial charge in [0.1, 0.15) is 30.0 Å². The molecule has 0 radical (unpaired) electrons. The topological polar surface area (TPSA) is 82.4 Å². The molecule has 7 nitrogen and oxygen atoms in total. The van der Waals surface area contributed by atoms with E-state index in [-0.39, 0.29) is 56.0 Å². The van der Waals surface area contributed by atoms with Crippen molar-refractivity contribution in [2.45, 2.75) is 63.3 Å². The summed E-state index contributed by atoms with van der Waals surface area (Å²) in [7, 11) is 0. The fourth-order valence-electron chi connectivity index (χ4n) is 5.53. The molecule has 0 bridgehead atoms. The fraction of sp³-hybridized carbons (Fsp3) is 0.552. The molecule has 3 aliphatic rings.